The second kappa shape index (κ2) is 9.85. The van der Waals surface area contributed by atoms with Crippen molar-refractivity contribution in [2.24, 2.45) is 0 Å². The van der Waals surface area contributed by atoms with Gasteiger partial charge in [-0.15, -0.1) is 11.3 Å². The monoisotopic (exact) mass is 493 g/mol. The lowest BCUT2D eigenvalue weighted by atomic mass is 10.0. The van der Waals surface area contributed by atoms with E-state index in [1.165, 1.54) is 18.2 Å². The van der Waals surface area contributed by atoms with Crippen LogP contribution in [0, 0.1) is 10.1 Å². The highest BCUT2D eigenvalue weighted by Gasteiger charge is 2.35. The van der Waals surface area contributed by atoms with E-state index in [4.69, 9.17) is 4.74 Å². The average Bonchev–Trinajstić information content (AvgIpc) is 3.37. The highest BCUT2D eigenvalue weighted by Crippen LogP contribution is 2.37. The highest BCUT2D eigenvalue weighted by molar-refractivity contribution is 7.15. The number of nitrogens with one attached hydrogen (secondary N) is 1. The summed E-state index contributed by atoms with van der Waals surface area (Å²) < 4.78 is 5.14. The first-order valence-corrected chi connectivity index (χ1v) is 11.5. The van der Waals surface area contributed by atoms with E-state index >= 15 is 0 Å². The predicted octanol–water partition coefficient (Wildman–Crippen LogP) is 4.12. The van der Waals surface area contributed by atoms with Crippen molar-refractivity contribution >= 4 is 45.7 Å². The van der Waals surface area contributed by atoms with Crippen molar-refractivity contribution in [3.8, 4) is 11.1 Å². The first kappa shape index (κ1) is 23.8. The number of amides is 3. The molecule has 0 aliphatic carbocycles. The zero-order chi connectivity index (χ0) is 25.1. The van der Waals surface area contributed by atoms with Crippen molar-refractivity contribution in [1.29, 1.82) is 0 Å². The first-order chi connectivity index (χ1) is 16.8. The molecule has 4 rings (SSSR count). The summed E-state index contributed by atoms with van der Waals surface area (Å²) in [5.74, 6) is -2.13. The van der Waals surface area contributed by atoms with Crippen LogP contribution in [0.1, 0.15) is 44.4 Å². The van der Waals surface area contributed by atoms with Crippen LogP contribution < -0.4 is 5.32 Å². The number of carbonyl (C=O) groups excluding carboxylic acids is 4. The molecule has 0 radical (unpaired) electrons. The molecule has 0 unspecified atom stereocenters. The molecule has 0 saturated heterocycles. The molecule has 0 bridgehead atoms. The van der Waals surface area contributed by atoms with Gasteiger partial charge in [0, 0.05) is 36.0 Å². The second-order valence-electron chi connectivity index (χ2n) is 7.49. The third-order valence-corrected chi connectivity index (χ3v) is 6.23. The predicted molar refractivity (Wildman–Crippen MR) is 127 cm³/mol. The summed E-state index contributed by atoms with van der Waals surface area (Å²) >= 11 is 1.07. The van der Waals surface area contributed by atoms with E-state index in [0.717, 1.165) is 16.2 Å². The summed E-state index contributed by atoms with van der Waals surface area (Å²) in [5.41, 5.74) is 1.32. The van der Waals surface area contributed by atoms with Crippen LogP contribution >= 0.6 is 11.3 Å². The highest BCUT2D eigenvalue weighted by atomic mass is 32.1. The Morgan fingerprint density at radius 1 is 1.06 bits per heavy atom. The maximum Gasteiger partial charge on any atom is 0.341 e. The van der Waals surface area contributed by atoms with Crippen molar-refractivity contribution in [3.63, 3.8) is 0 Å². The lowest BCUT2D eigenvalue weighted by Crippen LogP contribution is -2.32. The Morgan fingerprint density at radius 2 is 1.74 bits per heavy atom. The second-order valence-corrected chi connectivity index (χ2v) is 8.37. The number of rotatable bonds is 8. The van der Waals surface area contributed by atoms with Gasteiger partial charge in [-0.05, 0) is 24.6 Å². The van der Waals surface area contributed by atoms with Crippen LogP contribution in [0.5, 0.6) is 0 Å². The van der Waals surface area contributed by atoms with E-state index in [-0.39, 0.29) is 35.8 Å². The molecule has 0 fully saturated rings. The van der Waals surface area contributed by atoms with E-state index in [1.54, 1.807) is 42.6 Å². The molecule has 1 N–H and O–H groups in total. The number of anilines is 1. The lowest BCUT2D eigenvalue weighted by molar-refractivity contribution is -0.384. The molecule has 1 aliphatic heterocycles. The van der Waals surface area contributed by atoms with Crippen LogP contribution in [0.3, 0.4) is 0 Å². The number of nitrogens with zero attached hydrogens (tertiary/aromatic N) is 2. The smallest absolute Gasteiger partial charge is 0.341 e. The number of carbonyl (C=O) groups is 4. The summed E-state index contributed by atoms with van der Waals surface area (Å²) in [6.45, 7) is 1.60. The molecular formula is C24H19N3O7S. The molecule has 3 aromatic rings. The van der Waals surface area contributed by atoms with E-state index in [1.807, 2.05) is 0 Å². The van der Waals surface area contributed by atoms with Gasteiger partial charge in [0.25, 0.3) is 17.5 Å². The van der Waals surface area contributed by atoms with Gasteiger partial charge in [0.1, 0.15) is 10.6 Å². The van der Waals surface area contributed by atoms with Gasteiger partial charge in [-0.2, -0.15) is 0 Å². The number of hydrogen-bond acceptors (Lipinski definition) is 8. The Balaban J connectivity index is 1.53. The summed E-state index contributed by atoms with van der Waals surface area (Å²) in [7, 11) is 0. The molecule has 35 heavy (non-hydrogen) atoms. The lowest BCUT2D eigenvalue weighted by Gasteiger charge is -2.13. The number of nitro benzene ring substituents is 1. The third-order valence-electron chi connectivity index (χ3n) is 5.33. The summed E-state index contributed by atoms with van der Waals surface area (Å²) in [6, 6.07) is 12.2. The fraction of sp³-hybridized carbons (Fsp3) is 0.167. The number of nitro groups is 1. The summed E-state index contributed by atoms with van der Waals surface area (Å²) in [4.78, 5) is 62.0. The van der Waals surface area contributed by atoms with Gasteiger partial charge in [0.2, 0.25) is 5.91 Å². The number of benzene rings is 2. The molecule has 0 saturated carbocycles. The third kappa shape index (κ3) is 4.66. The minimum atomic E-state index is -0.689. The van der Waals surface area contributed by atoms with Gasteiger partial charge in [0.15, 0.2) is 0 Å². The number of esters is 1. The zero-order valence-electron chi connectivity index (χ0n) is 18.5. The minimum absolute atomic E-state index is 0.0754. The van der Waals surface area contributed by atoms with Crippen LogP contribution in [0.4, 0.5) is 10.7 Å². The summed E-state index contributed by atoms with van der Waals surface area (Å²) in [6.07, 6.45) is -0.183. The van der Waals surface area contributed by atoms with Crippen LogP contribution in [0.15, 0.2) is 53.9 Å². The number of hydrogen-bond donors (Lipinski definition) is 1. The topological polar surface area (TPSA) is 136 Å². The van der Waals surface area contributed by atoms with E-state index < -0.39 is 28.6 Å². The Bertz CT molecular complexity index is 1330. The van der Waals surface area contributed by atoms with E-state index in [0.29, 0.717) is 22.3 Å². The van der Waals surface area contributed by atoms with Gasteiger partial charge in [-0.25, -0.2) is 4.79 Å². The normalized spacial score (nSPS) is 12.4. The fourth-order valence-electron chi connectivity index (χ4n) is 3.70. The quantitative estimate of drug-likeness (QED) is 0.216. The van der Waals surface area contributed by atoms with E-state index in [2.05, 4.69) is 5.32 Å². The molecule has 3 amide bonds. The number of ether oxygens (including phenoxy) is 1. The number of fused-ring (bicyclic) bond motifs is 1. The Labute approximate surface area is 203 Å². The molecule has 1 aliphatic rings. The average molecular weight is 493 g/mol. The van der Waals surface area contributed by atoms with Crippen molar-refractivity contribution in [1.82, 2.24) is 4.90 Å². The maximum atomic E-state index is 12.7. The first-order valence-electron chi connectivity index (χ1n) is 10.6. The molecule has 178 valence electrons. The Hall–Kier alpha value is -4.38. The van der Waals surface area contributed by atoms with Crippen molar-refractivity contribution < 1.29 is 28.8 Å². The molecule has 0 atom stereocenters. The maximum absolute atomic E-state index is 12.7. The Morgan fingerprint density at radius 3 is 2.37 bits per heavy atom. The van der Waals surface area contributed by atoms with Crippen LogP contribution in [0.25, 0.3) is 11.1 Å². The van der Waals surface area contributed by atoms with Gasteiger partial charge in [0.05, 0.1) is 22.7 Å². The standard InChI is InChI=1S/C24H19N3O7S/c1-2-34-24(31)20-18(14-6-5-7-15(12-14)27(32)33)13-35-21(20)25-19(28)10-11-26-22(29)16-8-3-4-9-17(16)23(26)30/h3-9,12-13H,2,10-11H2,1H3,(H,25,28). The van der Waals surface area contributed by atoms with Crippen molar-refractivity contribution in [3.05, 3.63) is 80.7 Å². The van der Waals surface area contributed by atoms with Crippen molar-refractivity contribution in [2.45, 2.75) is 13.3 Å². The van der Waals surface area contributed by atoms with Gasteiger partial charge in [-0.1, -0.05) is 24.3 Å². The number of thiophene rings is 1. The van der Waals surface area contributed by atoms with Crippen molar-refractivity contribution in [2.75, 3.05) is 18.5 Å². The molecule has 2 heterocycles. The number of non-ortho nitro benzene ring substituents is 1. The SMILES string of the molecule is CCOC(=O)c1c(-c2cccc([N+](=O)[O-])c2)csc1NC(=O)CCN1C(=O)c2ccccc2C1=O. The minimum Gasteiger partial charge on any atom is -0.462 e. The number of imide groups is 1. The Kier molecular flexibility index (Phi) is 6.69. The summed E-state index contributed by atoms with van der Waals surface area (Å²) in [5, 5.41) is 15.6. The molecule has 1 aromatic heterocycles. The zero-order valence-corrected chi connectivity index (χ0v) is 19.3. The van der Waals surface area contributed by atoms with Gasteiger partial charge >= 0.3 is 5.97 Å². The fourth-order valence-corrected chi connectivity index (χ4v) is 4.67. The van der Waals surface area contributed by atoms with E-state index in [9.17, 15) is 29.3 Å². The molecule has 11 heteroatoms. The van der Waals surface area contributed by atoms with Gasteiger partial charge < -0.3 is 10.1 Å². The van der Waals surface area contributed by atoms with Crippen LogP contribution in [-0.2, 0) is 9.53 Å². The van der Waals surface area contributed by atoms with Crippen LogP contribution in [-0.4, -0.2) is 46.7 Å². The molecule has 0 spiro atoms. The largest absolute Gasteiger partial charge is 0.462 e. The van der Waals surface area contributed by atoms with Gasteiger partial charge in [-0.3, -0.25) is 29.4 Å². The molecule has 10 nitrogen and oxygen atoms in total. The molecule has 2 aromatic carbocycles. The molecular weight excluding hydrogens is 474 g/mol. The van der Waals surface area contributed by atoms with Crippen LogP contribution in [0.2, 0.25) is 0 Å².